The van der Waals surface area contributed by atoms with Gasteiger partial charge in [0.05, 0.1) is 67.7 Å². The molecule has 2 fully saturated rings. The number of nitrogens with one attached hydrogen (secondary N) is 1. The summed E-state index contributed by atoms with van der Waals surface area (Å²) in [5, 5.41) is 5.25. The molecule has 1 N–H and O–H groups in total. The van der Waals surface area contributed by atoms with E-state index in [2.05, 4.69) is 20.1 Å². The van der Waals surface area contributed by atoms with E-state index in [4.69, 9.17) is 47.6 Å². The zero-order valence-electron chi connectivity index (χ0n) is 56.0. The summed E-state index contributed by atoms with van der Waals surface area (Å²) in [6.07, 6.45) is 2.77. The topological polar surface area (TPSA) is 176 Å². The van der Waals surface area contributed by atoms with Crippen LogP contribution in [0.1, 0.15) is 129 Å². The number of likely N-dealkylation sites (N-methyl/N-ethyl adjacent to an activating group) is 1. The highest BCUT2D eigenvalue weighted by Crippen LogP contribution is 2.46. The molecule has 0 bridgehead atoms. The number of benzene rings is 2. The van der Waals surface area contributed by atoms with Crippen molar-refractivity contribution in [1.29, 1.82) is 0 Å². The number of fused-ring (bicyclic) bond motifs is 10. The number of piperazine rings is 2. The van der Waals surface area contributed by atoms with Gasteiger partial charge in [-0.15, -0.1) is 0 Å². The zero-order valence-corrected chi connectivity index (χ0v) is 57.5. The lowest BCUT2D eigenvalue weighted by atomic mass is 9.98. The van der Waals surface area contributed by atoms with E-state index in [1.165, 1.54) is 12.1 Å². The number of aryl methyl sites for hydroxylation is 4. The van der Waals surface area contributed by atoms with Crippen LogP contribution >= 0.6 is 23.2 Å². The average molecular weight is 1310 g/mol. The van der Waals surface area contributed by atoms with Gasteiger partial charge in [0.2, 0.25) is 0 Å². The fraction of sp³-hybridized carbons (Fsp3) is 0.437. The molecule has 0 spiro atoms. The second-order valence-corrected chi connectivity index (χ2v) is 28.6. The van der Waals surface area contributed by atoms with Gasteiger partial charge in [0.15, 0.2) is 0 Å². The normalized spacial score (nSPS) is 18.0. The predicted octanol–water partition coefficient (Wildman–Crippen LogP) is 14.5. The number of anilines is 4. The third kappa shape index (κ3) is 12.1. The van der Waals surface area contributed by atoms with Crippen LogP contribution < -0.4 is 31.1 Å². The first-order valence-corrected chi connectivity index (χ1v) is 32.5. The number of halogens is 4. The van der Waals surface area contributed by atoms with Crippen molar-refractivity contribution in [2.45, 2.75) is 158 Å². The summed E-state index contributed by atoms with van der Waals surface area (Å²) in [4.78, 5) is 85.4. The van der Waals surface area contributed by atoms with Crippen LogP contribution in [0.5, 0.6) is 0 Å². The maximum absolute atomic E-state index is 15.4. The summed E-state index contributed by atoms with van der Waals surface area (Å²) < 4.78 is 45.5. The van der Waals surface area contributed by atoms with Crippen molar-refractivity contribution < 1.29 is 27.8 Å². The summed E-state index contributed by atoms with van der Waals surface area (Å²) in [6, 6.07) is 16.4. The number of nitrogens with zero attached hydrogens (tertiary/aromatic N) is 11. The first-order valence-electron chi connectivity index (χ1n) is 31.7. The smallest absolute Gasteiger partial charge is 0.410 e. The number of pyridine rings is 6. The molecule has 2 aromatic carbocycles. The van der Waals surface area contributed by atoms with Crippen molar-refractivity contribution in [2.75, 3.05) is 66.3 Å². The molecular weight excluding hydrogens is 1230 g/mol. The van der Waals surface area contributed by atoms with Crippen LogP contribution in [0.15, 0.2) is 82.6 Å². The molecular formula is C71H82Cl2F2N12O6. The van der Waals surface area contributed by atoms with Gasteiger partial charge in [0.25, 0.3) is 11.1 Å². The van der Waals surface area contributed by atoms with Crippen LogP contribution in [-0.2, 0) is 9.47 Å². The zero-order chi connectivity index (χ0) is 67.3. The Balaban J connectivity index is 0.000000190. The van der Waals surface area contributed by atoms with E-state index < -0.39 is 22.8 Å². The van der Waals surface area contributed by atoms with E-state index in [9.17, 15) is 19.2 Å². The number of aromatic nitrogens is 6. The largest absolute Gasteiger partial charge is 0.444 e. The predicted molar refractivity (Wildman–Crippen MR) is 367 cm³/mol. The van der Waals surface area contributed by atoms with Crippen molar-refractivity contribution >= 4 is 80.2 Å². The Hall–Kier alpha value is -8.36. The summed E-state index contributed by atoms with van der Waals surface area (Å²) in [7, 11) is 1.90. The average Bonchev–Trinajstić information content (AvgIpc) is 0.719. The van der Waals surface area contributed by atoms with Gasteiger partial charge in [-0.1, -0.05) is 75.2 Å². The molecule has 18 nitrogen and oxygen atoms in total. The van der Waals surface area contributed by atoms with Crippen molar-refractivity contribution in [3.05, 3.63) is 149 Å². The molecule has 8 aromatic rings. The van der Waals surface area contributed by atoms with Crippen molar-refractivity contribution in [1.82, 2.24) is 38.9 Å². The van der Waals surface area contributed by atoms with Crippen LogP contribution in [0.2, 0.25) is 10.0 Å². The molecule has 2 amide bonds. The highest BCUT2D eigenvalue weighted by molar-refractivity contribution is 6.34. The van der Waals surface area contributed by atoms with E-state index >= 15 is 8.78 Å². The summed E-state index contributed by atoms with van der Waals surface area (Å²) in [5.41, 5.74) is 8.22. The van der Waals surface area contributed by atoms with Crippen LogP contribution in [0.3, 0.4) is 0 Å². The minimum Gasteiger partial charge on any atom is -0.444 e. The second kappa shape index (κ2) is 24.8. The maximum atomic E-state index is 15.4. The molecule has 0 unspecified atom stereocenters. The van der Waals surface area contributed by atoms with Gasteiger partial charge in [-0.2, -0.15) is 0 Å². The summed E-state index contributed by atoms with van der Waals surface area (Å²) in [5.74, 6) is -0.882. The van der Waals surface area contributed by atoms with Crippen LogP contribution in [0.4, 0.5) is 41.1 Å². The van der Waals surface area contributed by atoms with Gasteiger partial charge in [-0.05, 0) is 154 Å². The Kier molecular flexibility index (Phi) is 17.7. The number of carbonyl (C=O) groups excluding carboxylic acids is 2. The molecule has 10 heterocycles. The lowest BCUT2D eigenvalue weighted by Crippen LogP contribution is -2.64. The van der Waals surface area contributed by atoms with Crippen molar-refractivity contribution in [3.63, 3.8) is 0 Å². The van der Waals surface area contributed by atoms with Crippen LogP contribution in [0, 0.1) is 39.3 Å². The number of hydrogen-bond acceptors (Lipinski definition) is 14. The van der Waals surface area contributed by atoms with E-state index in [0.717, 1.165) is 22.5 Å². The third-order valence-corrected chi connectivity index (χ3v) is 18.4. The number of amides is 2. The third-order valence-electron chi connectivity index (χ3n) is 17.8. The molecule has 4 aliphatic heterocycles. The Bertz CT molecular complexity index is 4420. The SMILES string of the molecule is Cc1cccc(F)c1-c1nc2c(cc1Cl)c1c(c(=O)n2-c2c(C)ccnc2C(C)C)N(C)C[C@H]2CN(C(=O)OC(C)(C)C)[C@H](C)CN12.Cc1cccc(F)c1-c1nc2c(cc1Cl)c1c(c(=O)n2-c2c(C)ccnc2C(C)C)NC[C@H]2CN(C(=O)OC(C)(C)C)[C@H](C)CN12. The lowest BCUT2D eigenvalue weighted by molar-refractivity contribution is 0.0116. The van der Waals surface area contributed by atoms with Crippen molar-refractivity contribution in [2.24, 2.45) is 0 Å². The Morgan fingerprint density at radius 1 is 0.581 bits per heavy atom. The van der Waals surface area contributed by atoms with Crippen LogP contribution in [0.25, 0.3) is 56.0 Å². The van der Waals surface area contributed by atoms with Gasteiger partial charge in [-0.3, -0.25) is 28.7 Å². The Labute approximate surface area is 551 Å². The molecule has 12 rings (SSSR count). The molecule has 490 valence electrons. The minimum atomic E-state index is -0.624. The molecule has 0 radical (unpaired) electrons. The lowest BCUT2D eigenvalue weighted by Gasteiger charge is -2.51. The maximum Gasteiger partial charge on any atom is 0.410 e. The highest BCUT2D eigenvalue weighted by atomic mass is 35.5. The molecule has 2 saturated heterocycles. The monoisotopic (exact) mass is 1310 g/mol. The van der Waals surface area contributed by atoms with Gasteiger partial charge < -0.3 is 39.3 Å². The summed E-state index contributed by atoms with van der Waals surface area (Å²) in [6.45, 7) is 33.5. The first kappa shape index (κ1) is 66.1. The number of carbonyl (C=O) groups is 2. The molecule has 4 aliphatic rings. The van der Waals surface area contributed by atoms with E-state index in [1.807, 2.05) is 153 Å². The van der Waals surface area contributed by atoms with E-state index in [-0.39, 0.29) is 91.9 Å². The van der Waals surface area contributed by atoms with Gasteiger partial charge in [0.1, 0.15) is 45.5 Å². The number of hydrogen-bond donors (Lipinski definition) is 1. The standard InChI is InChI=1S/C36H42ClFN6O3.C35H40ClFN6O3/c1-19(2)28-30(21(4)13-14-39-28)44-33-24(15-25(37)29(40-33)27-20(3)11-10-12-26(27)38)31-32(34(44)45)41(9)17-23-18-42(22(5)16-43(23)31)35(46)47-36(6,7)8;1-18(2)27-30(20(4)12-13-38-27)43-32-23(14-24(36)28(40-32)26-19(3)10-9-11-25(26)37)31-29(33(43)44)39-15-22-17-41(21(5)16-42(22)31)34(45)46-35(6,7)8/h10-15,19,22-23H,16-18H2,1-9H3;9-14,18,21-22,39H,15-17H2,1-8H3/t22-,23+;21-,22+/m11/s1. The quantitative estimate of drug-likeness (QED) is 0.166. The molecule has 6 aromatic heterocycles. The summed E-state index contributed by atoms with van der Waals surface area (Å²) >= 11 is 14.0. The highest BCUT2D eigenvalue weighted by Gasteiger charge is 2.45. The van der Waals surface area contributed by atoms with E-state index in [0.29, 0.717) is 107 Å². The number of ether oxygens (including phenoxy) is 2. The van der Waals surface area contributed by atoms with Crippen molar-refractivity contribution in [3.8, 4) is 33.9 Å². The van der Waals surface area contributed by atoms with Gasteiger partial charge >= 0.3 is 12.2 Å². The first-order chi connectivity index (χ1) is 43.8. The molecule has 4 atom stereocenters. The Morgan fingerprint density at radius 3 is 1.45 bits per heavy atom. The fourth-order valence-electron chi connectivity index (χ4n) is 13.5. The molecule has 0 aliphatic carbocycles. The second-order valence-electron chi connectivity index (χ2n) is 27.8. The minimum absolute atomic E-state index is 0.00681. The van der Waals surface area contributed by atoms with Crippen LogP contribution in [-0.4, -0.2) is 133 Å². The molecule has 93 heavy (non-hydrogen) atoms. The van der Waals surface area contributed by atoms with Gasteiger partial charge in [-0.25, -0.2) is 28.3 Å². The van der Waals surface area contributed by atoms with Gasteiger partial charge in [0, 0.05) is 92.7 Å². The Morgan fingerprint density at radius 2 is 1.01 bits per heavy atom. The number of rotatable bonds is 6. The molecule has 0 saturated carbocycles. The van der Waals surface area contributed by atoms with E-state index in [1.54, 1.807) is 49.5 Å². The molecule has 22 heteroatoms. The fourth-order valence-corrected chi connectivity index (χ4v) is 14.0.